The second kappa shape index (κ2) is 4.83. The number of nitrogens with zero attached hydrogens (tertiary/aromatic N) is 1. The van der Waals surface area contributed by atoms with Crippen LogP contribution in [0.2, 0.25) is 0 Å². The highest BCUT2D eigenvalue weighted by molar-refractivity contribution is 7.89. The molecule has 6 heteroatoms. The van der Waals surface area contributed by atoms with Crippen LogP contribution in [0.25, 0.3) is 0 Å². The van der Waals surface area contributed by atoms with Gasteiger partial charge in [-0.05, 0) is 53.6 Å². The minimum atomic E-state index is -3.39. The van der Waals surface area contributed by atoms with E-state index in [1.807, 2.05) is 23.6 Å². The zero-order valence-corrected chi connectivity index (χ0v) is 13.1. The summed E-state index contributed by atoms with van der Waals surface area (Å²) in [6, 6.07) is 7.47. The zero-order chi connectivity index (χ0) is 14.4. The highest BCUT2D eigenvalue weighted by atomic mass is 32.2. The van der Waals surface area contributed by atoms with E-state index in [1.165, 1.54) is 4.88 Å². The zero-order valence-electron chi connectivity index (χ0n) is 11.5. The van der Waals surface area contributed by atoms with Crippen LogP contribution in [0.5, 0.6) is 0 Å². The second-order valence-electron chi connectivity index (χ2n) is 5.45. The Morgan fingerprint density at radius 2 is 2.05 bits per heavy atom. The first-order chi connectivity index (χ1) is 10.1. The van der Waals surface area contributed by atoms with Gasteiger partial charge < -0.3 is 5.32 Å². The molecule has 2 aromatic rings. The molecule has 3 heterocycles. The summed E-state index contributed by atoms with van der Waals surface area (Å²) in [5.74, 6) is 0. The van der Waals surface area contributed by atoms with Crippen molar-refractivity contribution < 1.29 is 8.42 Å². The molecule has 1 aromatic heterocycles. The summed E-state index contributed by atoms with van der Waals surface area (Å²) in [6.45, 7) is 1.96. The summed E-state index contributed by atoms with van der Waals surface area (Å²) in [6.07, 6.45) is 1.71. The normalized spacial score (nSPS) is 18.1. The molecule has 0 saturated carbocycles. The smallest absolute Gasteiger partial charge is 0.243 e. The van der Waals surface area contributed by atoms with Crippen molar-refractivity contribution in [1.29, 1.82) is 0 Å². The molecule has 2 aliphatic heterocycles. The number of fused-ring (bicyclic) bond motifs is 2. The molecule has 0 atom stereocenters. The summed E-state index contributed by atoms with van der Waals surface area (Å²) in [7, 11) is -3.39. The molecule has 0 spiro atoms. The lowest BCUT2D eigenvalue weighted by molar-refractivity contribution is 0.394. The Balaban J connectivity index is 1.68. The Kier molecular flexibility index (Phi) is 3.06. The number of benzene rings is 1. The van der Waals surface area contributed by atoms with Gasteiger partial charge in [-0.1, -0.05) is 0 Å². The molecule has 1 N–H and O–H groups in total. The van der Waals surface area contributed by atoms with Gasteiger partial charge in [-0.3, -0.25) is 0 Å². The van der Waals surface area contributed by atoms with Gasteiger partial charge >= 0.3 is 0 Å². The minimum absolute atomic E-state index is 0.420. The highest BCUT2D eigenvalue weighted by Gasteiger charge is 2.29. The van der Waals surface area contributed by atoms with Gasteiger partial charge in [0.2, 0.25) is 10.0 Å². The molecule has 2 aliphatic rings. The Morgan fingerprint density at radius 1 is 1.14 bits per heavy atom. The molecule has 110 valence electrons. The number of thiophene rings is 1. The van der Waals surface area contributed by atoms with Crippen molar-refractivity contribution in [3.05, 3.63) is 45.6 Å². The molecule has 4 rings (SSSR count). The number of sulfonamides is 1. The van der Waals surface area contributed by atoms with E-state index in [-0.39, 0.29) is 0 Å². The first kappa shape index (κ1) is 13.3. The van der Waals surface area contributed by atoms with Crippen molar-refractivity contribution in [3.63, 3.8) is 0 Å². The summed E-state index contributed by atoms with van der Waals surface area (Å²) >= 11 is 1.72. The van der Waals surface area contributed by atoms with Crippen LogP contribution >= 0.6 is 11.3 Å². The summed E-state index contributed by atoms with van der Waals surface area (Å²) < 4.78 is 27.3. The first-order valence-corrected chi connectivity index (χ1v) is 9.39. The van der Waals surface area contributed by atoms with E-state index in [2.05, 4.69) is 5.32 Å². The van der Waals surface area contributed by atoms with Crippen molar-refractivity contribution in [1.82, 2.24) is 4.31 Å². The third-order valence-electron chi connectivity index (χ3n) is 4.20. The molecule has 4 nitrogen and oxygen atoms in total. The van der Waals surface area contributed by atoms with Gasteiger partial charge in [0.15, 0.2) is 0 Å². The van der Waals surface area contributed by atoms with E-state index in [1.54, 1.807) is 21.7 Å². The van der Waals surface area contributed by atoms with E-state index in [0.29, 0.717) is 18.0 Å². The topological polar surface area (TPSA) is 49.4 Å². The Bertz CT molecular complexity index is 796. The second-order valence-corrected chi connectivity index (χ2v) is 8.39. The molecular weight excluding hydrogens is 304 g/mol. The Morgan fingerprint density at radius 3 is 2.95 bits per heavy atom. The van der Waals surface area contributed by atoms with Crippen LogP contribution in [0.3, 0.4) is 0 Å². The van der Waals surface area contributed by atoms with E-state index >= 15 is 0 Å². The van der Waals surface area contributed by atoms with Crippen LogP contribution < -0.4 is 5.32 Å². The molecule has 0 radical (unpaired) electrons. The monoisotopic (exact) mass is 320 g/mol. The van der Waals surface area contributed by atoms with Gasteiger partial charge in [0.05, 0.1) is 4.90 Å². The van der Waals surface area contributed by atoms with Crippen LogP contribution in [-0.2, 0) is 29.4 Å². The Labute approximate surface area is 128 Å². The number of anilines is 1. The Hall–Kier alpha value is -1.37. The third kappa shape index (κ3) is 2.18. The maximum Gasteiger partial charge on any atom is 0.243 e. The minimum Gasteiger partial charge on any atom is -0.384 e. The lowest BCUT2D eigenvalue weighted by Crippen LogP contribution is -2.35. The van der Waals surface area contributed by atoms with Gasteiger partial charge in [-0.2, -0.15) is 4.31 Å². The maximum absolute atomic E-state index is 12.8. The summed E-state index contributed by atoms with van der Waals surface area (Å²) in [4.78, 5) is 1.74. The number of hydrogen-bond donors (Lipinski definition) is 1. The number of nitrogens with one attached hydrogen (secondary N) is 1. The van der Waals surface area contributed by atoms with E-state index in [0.717, 1.165) is 36.2 Å². The van der Waals surface area contributed by atoms with Crippen molar-refractivity contribution in [2.45, 2.75) is 24.3 Å². The van der Waals surface area contributed by atoms with E-state index < -0.39 is 10.0 Å². The van der Waals surface area contributed by atoms with Crippen molar-refractivity contribution >= 4 is 27.0 Å². The number of rotatable bonds is 2. The molecule has 0 amide bonds. The van der Waals surface area contributed by atoms with Gasteiger partial charge in [0, 0.05) is 30.2 Å². The predicted molar refractivity (Wildman–Crippen MR) is 84.3 cm³/mol. The van der Waals surface area contributed by atoms with Crippen LogP contribution in [0, 0.1) is 0 Å². The van der Waals surface area contributed by atoms with Crippen molar-refractivity contribution in [2.24, 2.45) is 0 Å². The molecule has 0 bridgehead atoms. The quantitative estimate of drug-likeness (QED) is 0.925. The van der Waals surface area contributed by atoms with Crippen molar-refractivity contribution in [3.8, 4) is 0 Å². The lowest BCUT2D eigenvalue weighted by atomic mass is 10.1. The maximum atomic E-state index is 12.8. The van der Waals surface area contributed by atoms with Crippen LogP contribution in [0.15, 0.2) is 34.5 Å². The van der Waals surface area contributed by atoms with Gasteiger partial charge in [-0.15, -0.1) is 11.3 Å². The van der Waals surface area contributed by atoms with Crippen LogP contribution in [0.1, 0.15) is 16.0 Å². The summed E-state index contributed by atoms with van der Waals surface area (Å²) in [5.41, 5.74) is 3.31. The standard InChI is InChI=1S/C15H16N2O2S2/c18-21(19,13-1-2-14-11(9-13)3-6-16-14)17-7-4-15-12(10-17)5-8-20-15/h1-2,5,8-9,16H,3-4,6-7,10H2. The molecule has 0 fully saturated rings. The SMILES string of the molecule is O=S(=O)(c1ccc2c(c1)CCN2)N1CCc2sccc2C1. The molecule has 0 aliphatic carbocycles. The fourth-order valence-corrected chi connectivity index (χ4v) is 5.38. The largest absolute Gasteiger partial charge is 0.384 e. The average Bonchev–Trinajstić information content (AvgIpc) is 3.14. The highest BCUT2D eigenvalue weighted by Crippen LogP contribution is 2.30. The van der Waals surface area contributed by atoms with Gasteiger partial charge in [0.25, 0.3) is 0 Å². The van der Waals surface area contributed by atoms with E-state index in [9.17, 15) is 8.42 Å². The van der Waals surface area contributed by atoms with E-state index in [4.69, 9.17) is 0 Å². The molecule has 0 saturated heterocycles. The van der Waals surface area contributed by atoms with Crippen molar-refractivity contribution in [2.75, 3.05) is 18.4 Å². The fourth-order valence-electron chi connectivity index (χ4n) is 3.02. The fraction of sp³-hybridized carbons (Fsp3) is 0.333. The predicted octanol–water partition coefficient (Wildman–Crippen LogP) is 2.46. The van der Waals surface area contributed by atoms with Crippen LogP contribution in [0.4, 0.5) is 5.69 Å². The average molecular weight is 320 g/mol. The number of hydrogen-bond acceptors (Lipinski definition) is 4. The van der Waals surface area contributed by atoms with Gasteiger partial charge in [-0.25, -0.2) is 8.42 Å². The summed E-state index contributed by atoms with van der Waals surface area (Å²) in [5, 5.41) is 5.30. The molecular formula is C15H16N2O2S2. The first-order valence-electron chi connectivity index (χ1n) is 7.07. The molecule has 21 heavy (non-hydrogen) atoms. The lowest BCUT2D eigenvalue weighted by Gasteiger charge is -2.26. The van der Waals surface area contributed by atoms with Gasteiger partial charge in [0.1, 0.15) is 0 Å². The van der Waals surface area contributed by atoms with Crippen LogP contribution in [-0.4, -0.2) is 25.8 Å². The molecule has 0 unspecified atom stereocenters. The third-order valence-corrected chi connectivity index (χ3v) is 7.06. The molecule has 1 aromatic carbocycles.